The van der Waals surface area contributed by atoms with Crippen LogP contribution in [-0.4, -0.2) is 19.2 Å². The molecular formula is C12H11F6N3O2. The van der Waals surface area contributed by atoms with Gasteiger partial charge in [0.1, 0.15) is 6.10 Å². The number of anilines is 1. The van der Waals surface area contributed by atoms with Gasteiger partial charge in [-0.3, -0.25) is 4.84 Å². The molecule has 128 valence electrons. The molecule has 0 unspecified atom stereocenters. The molecule has 11 heteroatoms. The minimum Gasteiger partial charge on any atom is -0.369 e. The van der Waals surface area contributed by atoms with Crippen molar-refractivity contribution in [1.29, 1.82) is 0 Å². The van der Waals surface area contributed by atoms with E-state index in [2.05, 4.69) is 5.29 Å². The summed E-state index contributed by atoms with van der Waals surface area (Å²) in [7, 11) is 0. The van der Waals surface area contributed by atoms with E-state index in [0.717, 1.165) is 0 Å². The molecule has 1 fully saturated rings. The van der Waals surface area contributed by atoms with Crippen LogP contribution in [0, 0.1) is 4.91 Å². The van der Waals surface area contributed by atoms with Crippen LogP contribution in [0.2, 0.25) is 0 Å². The lowest BCUT2D eigenvalue weighted by molar-refractivity contribution is -0.143. The maximum absolute atomic E-state index is 12.8. The number of nitrogens with zero attached hydrogens (tertiary/aromatic N) is 2. The van der Waals surface area contributed by atoms with E-state index in [0.29, 0.717) is 18.6 Å². The molecule has 1 saturated heterocycles. The van der Waals surface area contributed by atoms with Gasteiger partial charge in [0.05, 0.1) is 16.4 Å². The molecule has 0 spiro atoms. The first-order valence-electron chi connectivity index (χ1n) is 6.38. The Kier molecular flexibility index (Phi) is 4.68. The lowest BCUT2D eigenvalue weighted by atomic mass is 10.1. The molecule has 5 nitrogen and oxygen atoms in total. The van der Waals surface area contributed by atoms with Crippen LogP contribution in [-0.2, 0) is 17.2 Å². The number of alkyl halides is 6. The van der Waals surface area contributed by atoms with Gasteiger partial charge in [-0.2, -0.15) is 26.3 Å². The Labute approximate surface area is 126 Å². The first-order valence-corrected chi connectivity index (χ1v) is 6.38. The molecule has 1 atom stereocenters. The van der Waals surface area contributed by atoms with Crippen LogP contribution in [0.25, 0.3) is 0 Å². The SMILES string of the molecule is O=NNO[C@@H]1CCN(c2cc(C(F)(F)F)cc(C(F)(F)F)c2)C1. The topological polar surface area (TPSA) is 53.9 Å². The fourth-order valence-electron chi connectivity index (χ4n) is 2.28. The van der Waals surface area contributed by atoms with Crippen LogP contribution in [0.4, 0.5) is 32.0 Å². The van der Waals surface area contributed by atoms with E-state index in [1.54, 1.807) is 5.59 Å². The zero-order chi connectivity index (χ0) is 17.3. The van der Waals surface area contributed by atoms with E-state index in [1.807, 2.05) is 0 Å². The van der Waals surface area contributed by atoms with Gasteiger partial charge >= 0.3 is 12.4 Å². The Morgan fingerprint density at radius 2 is 1.65 bits per heavy atom. The molecule has 0 aliphatic carbocycles. The fourth-order valence-corrected chi connectivity index (χ4v) is 2.28. The average Bonchev–Trinajstić information content (AvgIpc) is 2.91. The highest BCUT2D eigenvalue weighted by atomic mass is 19.4. The quantitative estimate of drug-likeness (QED) is 0.516. The smallest absolute Gasteiger partial charge is 0.369 e. The third-order valence-corrected chi connectivity index (χ3v) is 3.34. The number of hydrogen-bond donors (Lipinski definition) is 1. The van der Waals surface area contributed by atoms with Gasteiger partial charge < -0.3 is 4.90 Å². The summed E-state index contributed by atoms with van der Waals surface area (Å²) >= 11 is 0. The van der Waals surface area contributed by atoms with Crippen molar-refractivity contribution in [3.8, 4) is 0 Å². The van der Waals surface area contributed by atoms with Gasteiger partial charge in [-0.15, -0.1) is 10.5 Å². The molecule has 0 saturated carbocycles. The van der Waals surface area contributed by atoms with Crippen LogP contribution in [0.5, 0.6) is 0 Å². The Hall–Kier alpha value is -2.04. The number of halogens is 6. The summed E-state index contributed by atoms with van der Waals surface area (Å²) in [6.07, 6.45) is -10.0. The monoisotopic (exact) mass is 343 g/mol. The normalized spacial score (nSPS) is 19.0. The second-order valence-corrected chi connectivity index (χ2v) is 4.92. The number of nitroso groups, excluding NO2 is 1. The molecule has 0 bridgehead atoms. The molecule has 2 rings (SSSR count). The highest BCUT2D eigenvalue weighted by molar-refractivity contribution is 5.53. The van der Waals surface area contributed by atoms with Crippen LogP contribution < -0.4 is 10.5 Å². The second kappa shape index (κ2) is 6.22. The summed E-state index contributed by atoms with van der Waals surface area (Å²) in [4.78, 5) is 16.0. The standard InChI is InChI=1S/C12H11F6N3O2/c13-11(14,15)7-3-8(12(16,17)18)5-9(4-7)21-2-1-10(6-21)23-20-19-22/h3-5,10H,1-2,6H2,(H,20,22)/t10-/m1/s1. The van der Waals surface area contributed by atoms with Gasteiger partial charge in [0.2, 0.25) is 0 Å². The third kappa shape index (κ3) is 4.24. The van der Waals surface area contributed by atoms with Crippen molar-refractivity contribution in [3.63, 3.8) is 0 Å². The van der Waals surface area contributed by atoms with Crippen LogP contribution in [0.15, 0.2) is 23.5 Å². The lowest BCUT2D eigenvalue weighted by Gasteiger charge is -2.22. The van der Waals surface area contributed by atoms with E-state index >= 15 is 0 Å². The van der Waals surface area contributed by atoms with Gasteiger partial charge in [-0.25, -0.2) is 0 Å². The van der Waals surface area contributed by atoms with E-state index < -0.39 is 29.6 Å². The summed E-state index contributed by atoms with van der Waals surface area (Å²) in [5, 5.41) is 2.25. The van der Waals surface area contributed by atoms with Crippen LogP contribution in [0.3, 0.4) is 0 Å². The fraction of sp³-hybridized carbons (Fsp3) is 0.500. The number of hydrogen-bond acceptors (Lipinski definition) is 4. The highest BCUT2D eigenvalue weighted by Gasteiger charge is 2.38. The predicted octanol–water partition coefficient (Wildman–Crippen LogP) is 3.51. The van der Waals surface area contributed by atoms with E-state index in [4.69, 9.17) is 4.84 Å². The molecule has 23 heavy (non-hydrogen) atoms. The van der Waals surface area contributed by atoms with Crippen LogP contribution in [0.1, 0.15) is 17.5 Å². The Balaban J connectivity index is 2.30. The molecule has 0 amide bonds. The molecule has 1 aromatic rings. The number of rotatable bonds is 4. The summed E-state index contributed by atoms with van der Waals surface area (Å²) in [6, 6.07) is 1.39. The van der Waals surface area contributed by atoms with E-state index in [-0.39, 0.29) is 24.8 Å². The van der Waals surface area contributed by atoms with Crippen molar-refractivity contribution in [1.82, 2.24) is 5.59 Å². The van der Waals surface area contributed by atoms with Crippen molar-refractivity contribution in [2.75, 3.05) is 18.0 Å². The molecule has 1 N–H and O–H groups in total. The summed E-state index contributed by atoms with van der Waals surface area (Å²) in [5.74, 6) is 0. The maximum Gasteiger partial charge on any atom is 0.416 e. The molecule has 1 aliphatic heterocycles. The zero-order valence-corrected chi connectivity index (χ0v) is 11.4. The minimum atomic E-state index is -4.89. The predicted molar refractivity (Wildman–Crippen MR) is 67.1 cm³/mol. The van der Waals surface area contributed by atoms with Gasteiger partial charge in [0, 0.05) is 18.8 Å². The Bertz CT molecular complexity index is 543. The molecule has 1 aliphatic rings. The van der Waals surface area contributed by atoms with Gasteiger partial charge in [0.15, 0.2) is 0 Å². The molecular weight excluding hydrogens is 332 g/mol. The van der Waals surface area contributed by atoms with Gasteiger partial charge in [-0.1, -0.05) is 0 Å². The summed E-state index contributed by atoms with van der Waals surface area (Å²) < 4.78 is 76.8. The highest BCUT2D eigenvalue weighted by Crippen LogP contribution is 2.39. The largest absolute Gasteiger partial charge is 0.416 e. The molecule has 0 radical (unpaired) electrons. The first kappa shape index (κ1) is 17.3. The number of nitrogens with one attached hydrogen (secondary N) is 1. The Morgan fingerprint density at radius 1 is 1.09 bits per heavy atom. The Morgan fingerprint density at radius 3 is 2.13 bits per heavy atom. The molecule has 0 aromatic heterocycles. The van der Waals surface area contributed by atoms with Crippen molar-refractivity contribution in [2.24, 2.45) is 5.29 Å². The van der Waals surface area contributed by atoms with Gasteiger partial charge in [-0.05, 0) is 24.6 Å². The zero-order valence-electron chi connectivity index (χ0n) is 11.4. The summed E-state index contributed by atoms with van der Waals surface area (Å²) in [5.41, 5.74) is -1.25. The first-order chi connectivity index (χ1) is 10.6. The van der Waals surface area contributed by atoms with Crippen molar-refractivity contribution in [2.45, 2.75) is 24.9 Å². The maximum atomic E-state index is 12.8. The van der Waals surface area contributed by atoms with Crippen molar-refractivity contribution in [3.05, 3.63) is 34.2 Å². The average molecular weight is 343 g/mol. The van der Waals surface area contributed by atoms with Crippen LogP contribution >= 0.6 is 0 Å². The van der Waals surface area contributed by atoms with Gasteiger partial charge in [0.25, 0.3) is 0 Å². The van der Waals surface area contributed by atoms with Crippen molar-refractivity contribution >= 4 is 5.69 Å². The van der Waals surface area contributed by atoms with E-state index in [1.165, 1.54) is 4.90 Å². The minimum absolute atomic E-state index is 0.0289. The van der Waals surface area contributed by atoms with Crippen molar-refractivity contribution < 1.29 is 31.2 Å². The number of benzene rings is 1. The van der Waals surface area contributed by atoms with E-state index in [9.17, 15) is 31.2 Å². The third-order valence-electron chi connectivity index (χ3n) is 3.34. The lowest BCUT2D eigenvalue weighted by Crippen LogP contribution is -2.26. The molecule has 1 heterocycles. The summed E-state index contributed by atoms with van der Waals surface area (Å²) in [6.45, 7) is 0.213. The second-order valence-electron chi connectivity index (χ2n) is 4.92. The molecule has 1 aromatic carbocycles.